The minimum atomic E-state index is -0.865. The molecule has 0 aromatic carbocycles. The van der Waals surface area contributed by atoms with Crippen LogP contribution < -0.4 is 0 Å². The zero-order chi connectivity index (χ0) is 13.2. The number of halogens is 1. The molecular formula is C14H21BrO3. The van der Waals surface area contributed by atoms with Crippen molar-refractivity contribution in [2.45, 2.75) is 62.1 Å². The van der Waals surface area contributed by atoms with E-state index in [0.29, 0.717) is 12.8 Å². The number of alkyl halides is 1. The van der Waals surface area contributed by atoms with Gasteiger partial charge in [-0.1, -0.05) is 48.0 Å². The fourth-order valence-electron chi connectivity index (χ4n) is 3.47. The molecule has 0 aliphatic heterocycles. The molecule has 4 heteroatoms. The fourth-order valence-corrected chi connectivity index (χ4v) is 4.41. The molecule has 0 bridgehead atoms. The summed E-state index contributed by atoms with van der Waals surface area (Å²) in [6, 6.07) is 0. The molecule has 0 amide bonds. The lowest BCUT2D eigenvalue weighted by atomic mass is 9.72. The number of methoxy groups -OCH3 is 1. The molecule has 102 valence electrons. The van der Waals surface area contributed by atoms with E-state index < -0.39 is 9.74 Å². The summed E-state index contributed by atoms with van der Waals surface area (Å²) >= 11 is 3.65. The van der Waals surface area contributed by atoms with Crippen LogP contribution >= 0.6 is 15.9 Å². The Morgan fingerprint density at radius 1 is 0.944 bits per heavy atom. The highest BCUT2D eigenvalue weighted by Crippen LogP contribution is 2.48. The quantitative estimate of drug-likeness (QED) is 0.455. The van der Waals surface area contributed by atoms with Gasteiger partial charge in [-0.05, 0) is 25.7 Å². The second-order valence-corrected chi connectivity index (χ2v) is 7.15. The smallest absolute Gasteiger partial charge is 0.319 e. The molecule has 0 heterocycles. The van der Waals surface area contributed by atoms with Crippen molar-refractivity contribution in [3.63, 3.8) is 0 Å². The number of ketones is 1. The topological polar surface area (TPSA) is 43.4 Å². The monoisotopic (exact) mass is 316 g/mol. The molecule has 18 heavy (non-hydrogen) atoms. The molecule has 0 saturated heterocycles. The van der Waals surface area contributed by atoms with E-state index in [1.165, 1.54) is 13.5 Å². The summed E-state index contributed by atoms with van der Waals surface area (Å²) in [4.78, 5) is 25.0. The Morgan fingerprint density at radius 2 is 1.44 bits per heavy atom. The Hall–Kier alpha value is -0.380. The number of Topliss-reactive ketones (excluding diaryl/α,β-unsaturated/α-hetero) is 1. The first-order chi connectivity index (χ1) is 8.55. The normalized spacial score (nSPS) is 25.7. The molecule has 2 rings (SSSR count). The molecule has 2 aliphatic rings. The van der Waals surface area contributed by atoms with Crippen LogP contribution in [-0.2, 0) is 14.3 Å². The van der Waals surface area contributed by atoms with Gasteiger partial charge in [-0.3, -0.25) is 9.59 Å². The summed E-state index contributed by atoms with van der Waals surface area (Å²) in [6.07, 6.45) is 8.23. The van der Waals surface area contributed by atoms with E-state index in [4.69, 9.17) is 4.74 Å². The van der Waals surface area contributed by atoms with E-state index in [1.54, 1.807) is 0 Å². The summed E-state index contributed by atoms with van der Waals surface area (Å²) in [6.45, 7) is 0. The minimum Gasteiger partial charge on any atom is -0.468 e. The molecule has 0 aromatic heterocycles. The van der Waals surface area contributed by atoms with Gasteiger partial charge >= 0.3 is 5.97 Å². The molecule has 2 saturated carbocycles. The maximum Gasteiger partial charge on any atom is 0.319 e. The number of ether oxygens (including phenoxy) is 1. The van der Waals surface area contributed by atoms with Gasteiger partial charge in [0.15, 0.2) is 5.78 Å². The lowest BCUT2D eigenvalue weighted by Crippen LogP contribution is -2.49. The van der Waals surface area contributed by atoms with Crippen LogP contribution in [0.5, 0.6) is 0 Å². The van der Waals surface area contributed by atoms with E-state index in [0.717, 1.165) is 38.5 Å². The zero-order valence-electron chi connectivity index (χ0n) is 11.0. The van der Waals surface area contributed by atoms with Crippen molar-refractivity contribution in [3.8, 4) is 0 Å². The predicted molar refractivity (Wildman–Crippen MR) is 72.7 cm³/mol. The summed E-state index contributed by atoms with van der Waals surface area (Å²) in [7, 11) is 1.39. The maximum absolute atomic E-state index is 12.9. The summed E-state index contributed by atoms with van der Waals surface area (Å²) < 4.78 is 4.43. The van der Waals surface area contributed by atoms with Gasteiger partial charge in [-0.15, -0.1) is 0 Å². The molecule has 0 aromatic rings. The van der Waals surface area contributed by atoms with E-state index in [1.807, 2.05) is 0 Å². The fraction of sp³-hybridized carbons (Fsp3) is 0.857. The van der Waals surface area contributed by atoms with Crippen molar-refractivity contribution < 1.29 is 14.3 Å². The van der Waals surface area contributed by atoms with Crippen LogP contribution in [0.3, 0.4) is 0 Å². The number of esters is 1. The van der Waals surface area contributed by atoms with Crippen LogP contribution in [0.15, 0.2) is 0 Å². The molecule has 2 fully saturated rings. The molecule has 0 N–H and O–H groups in total. The van der Waals surface area contributed by atoms with Crippen LogP contribution in [0, 0.1) is 5.41 Å². The summed E-state index contributed by atoms with van der Waals surface area (Å²) in [5.74, 6) is -0.242. The average Bonchev–Trinajstić information content (AvgIpc) is 2.88. The first-order valence-corrected chi connectivity index (χ1v) is 7.67. The second kappa shape index (κ2) is 5.32. The Kier molecular flexibility index (Phi) is 4.15. The third kappa shape index (κ3) is 2.24. The summed E-state index contributed by atoms with van der Waals surface area (Å²) in [5.41, 5.74) is -0.865. The SMILES string of the molecule is COC(=O)C1(C(=O)C2(Br)CCCCC2)CCCC1. The molecule has 0 radical (unpaired) electrons. The van der Waals surface area contributed by atoms with Crippen molar-refractivity contribution in [3.05, 3.63) is 0 Å². The van der Waals surface area contributed by atoms with Gasteiger partial charge in [0.1, 0.15) is 5.41 Å². The lowest BCUT2D eigenvalue weighted by Gasteiger charge is -2.37. The van der Waals surface area contributed by atoms with E-state index >= 15 is 0 Å². The van der Waals surface area contributed by atoms with Crippen molar-refractivity contribution in [1.29, 1.82) is 0 Å². The van der Waals surface area contributed by atoms with Gasteiger partial charge < -0.3 is 4.74 Å². The minimum absolute atomic E-state index is 0.0825. The van der Waals surface area contributed by atoms with Gasteiger partial charge in [0, 0.05) is 0 Å². The van der Waals surface area contributed by atoms with Gasteiger partial charge in [0.2, 0.25) is 0 Å². The molecule has 2 aliphatic carbocycles. The number of carbonyl (C=O) groups is 2. The van der Waals surface area contributed by atoms with Gasteiger partial charge in [0.05, 0.1) is 11.4 Å². The maximum atomic E-state index is 12.9. The predicted octanol–water partition coefficient (Wildman–Crippen LogP) is 3.39. The average molecular weight is 317 g/mol. The van der Waals surface area contributed by atoms with Crippen molar-refractivity contribution in [1.82, 2.24) is 0 Å². The van der Waals surface area contributed by atoms with Gasteiger partial charge in [-0.2, -0.15) is 0 Å². The number of carbonyl (C=O) groups excluding carboxylic acids is 2. The molecular weight excluding hydrogens is 296 g/mol. The molecule has 0 atom stereocenters. The van der Waals surface area contributed by atoms with Crippen LogP contribution in [0.4, 0.5) is 0 Å². The number of hydrogen-bond donors (Lipinski definition) is 0. The van der Waals surface area contributed by atoms with Crippen LogP contribution in [0.2, 0.25) is 0 Å². The first-order valence-electron chi connectivity index (χ1n) is 6.87. The van der Waals surface area contributed by atoms with E-state index in [9.17, 15) is 9.59 Å². The highest BCUT2D eigenvalue weighted by atomic mass is 79.9. The van der Waals surface area contributed by atoms with Crippen LogP contribution in [0.25, 0.3) is 0 Å². The third-order valence-corrected chi connectivity index (χ3v) is 5.67. The number of rotatable bonds is 3. The highest BCUT2D eigenvalue weighted by molar-refractivity contribution is 9.10. The lowest BCUT2D eigenvalue weighted by molar-refractivity contribution is -0.158. The molecule has 0 unspecified atom stereocenters. The first kappa shape index (κ1) is 14.0. The Labute approximate surface area is 117 Å². The Morgan fingerprint density at radius 3 is 1.94 bits per heavy atom. The Balaban J connectivity index is 2.25. The standard InChI is InChI=1S/C14H21BrO3/c1-18-12(17)13(7-5-6-8-13)11(16)14(15)9-3-2-4-10-14/h2-10H2,1H3. The Bertz CT molecular complexity index is 339. The second-order valence-electron chi connectivity index (χ2n) is 5.64. The van der Waals surface area contributed by atoms with Crippen molar-refractivity contribution in [2.75, 3.05) is 7.11 Å². The van der Waals surface area contributed by atoms with Crippen LogP contribution in [0.1, 0.15) is 57.8 Å². The molecule has 0 spiro atoms. The van der Waals surface area contributed by atoms with E-state index in [2.05, 4.69) is 15.9 Å². The van der Waals surface area contributed by atoms with Gasteiger partial charge in [0.25, 0.3) is 0 Å². The third-order valence-electron chi connectivity index (χ3n) is 4.52. The highest BCUT2D eigenvalue weighted by Gasteiger charge is 2.55. The van der Waals surface area contributed by atoms with Crippen LogP contribution in [-0.4, -0.2) is 23.2 Å². The van der Waals surface area contributed by atoms with Gasteiger partial charge in [-0.25, -0.2) is 0 Å². The largest absolute Gasteiger partial charge is 0.468 e. The van der Waals surface area contributed by atoms with E-state index in [-0.39, 0.29) is 11.8 Å². The van der Waals surface area contributed by atoms with Crippen molar-refractivity contribution >= 4 is 27.7 Å². The molecule has 3 nitrogen and oxygen atoms in total. The number of hydrogen-bond acceptors (Lipinski definition) is 3. The zero-order valence-corrected chi connectivity index (χ0v) is 12.6. The summed E-state index contributed by atoms with van der Waals surface area (Å²) in [5, 5.41) is 0. The van der Waals surface area contributed by atoms with Crippen molar-refractivity contribution in [2.24, 2.45) is 5.41 Å².